The van der Waals surface area contributed by atoms with E-state index in [4.69, 9.17) is 4.74 Å². The fourth-order valence-corrected chi connectivity index (χ4v) is 1.10. The third kappa shape index (κ3) is 1.95. The Hall–Kier alpha value is -1.02. The minimum Gasteiger partial charge on any atom is -0.496 e. The fourth-order valence-electron chi connectivity index (χ4n) is 1.10. The van der Waals surface area contributed by atoms with Gasteiger partial charge in [0.2, 0.25) is 0 Å². The lowest BCUT2D eigenvalue weighted by molar-refractivity contribution is -0.366. The molecule has 0 amide bonds. The van der Waals surface area contributed by atoms with Crippen molar-refractivity contribution in [1.29, 1.82) is 0 Å². The Morgan fingerprint density at radius 3 is 2.73 bits per heavy atom. The largest absolute Gasteiger partial charge is 0.496 e. The van der Waals surface area contributed by atoms with Gasteiger partial charge in [-0.15, -0.1) is 0 Å². The predicted molar refractivity (Wildman–Crippen MR) is 44.5 cm³/mol. The molecular weight excluding hydrogens is 138 g/mol. The predicted octanol–water partition coefficient (Wildman–Crippen LogP) is 0.480. The van der Waals surface area contributed by atoms with Gasteiger partial charge in [0, 0.05) is 6.42 Å². The van der Waals surface area contributed by atoms with Crippen molar-refractivity contribution in [2.24, 2.45) is 0 Å². The average Bonchev–Trinajstić information content (AvgIpc) is 2.06. The standard InChI is InChI=1S/C9H13NO/c1-11-9-5-3-2-4-8(9)6-7-10/h2-5H,6-7,10H2,1H3/p+1. The van der Waals surface area contributed by atoms with Crippen molar-refractivity contribution < 1.29 is 10.5 Å². The summed E-state index contributed by atoms with van der Waals surface area (Å²) in [6.45, 7) is 0.917. The summed E-state index contributed by atoms with van der Waals surface area (Å²) in [5.41, 5.74) is 5.04. The highest BCUT2D eigenvalue weighted by molar-refractivity contribution is 5.33. The molecule has 1 rings (SSSR count). The zero-order chi connectivity index (χ0) is 8.10. The van der Waals surface area contributed by atoms with Gasteiger partial charge in [0.05, 0.1) is 13.7 Å². The Labute approximate surface area is 67.0 Å². The molecule has 0 bridgehead atoms. The number of benzene rings is 1. The molecule has 0 atom stereocenters. The third-order valence-corrected chi connectivity index (χ3v) is 1.64. The van der Waals surface area contributed by atoms with Gasteiger partial charge in [-0.25, -0.2) is 0 Å². The second-order valence-corrected chi connectivity index (χ2v) is 2.42. The van der Waals surface area contributed by atoms with Crippen LogP contribution < -0.4 is 10.5 Å². The number of hydrogen-bond donors (Lipinski definition) is 1. The number of methoxy groups -OCH3 is 1. The first-order valence-corrected chi connectivity index (χ1v) is 3.79. The molecule has 1 aromatic rings. The summed E-state index contributed by atoms with van der Waals surface area (Å²) in [4.78, 5) is 0. The maximum atomic E-state index is 5.17. The maximum absolute atomic E-state index is 5.17. The molecule has 0 fully saturated rings. The normalized spacial score (nSPS) is 9.64. The number of para-hydroxylation sites is 1. The molecule has 60 valence electrons. The van der Waals surface area contributed by atoms with Crippen LogP contribution in [0.25, 0.3) is 0 Å². The molecule has 3 N–H and O–H groups in total. The van der Waals surface area contributed by atoms with Gasteiger partial charge in [-0.1, -0.05) is 18.2 Å². The molecule has 0 aliphatic carbocycles. The third-order valence-electron chi connectivity index (χ3n) is 1.64. The molecule has 0 unspecified atom stereocenters. The molecule has 2 nitrogen and oxygen atoms in total. The highest BCUT2D eigenvalue weighted by atomic mass is 16.5. The Morgan fingerprint density at radius 1 is 1.36 bits per heavy atom. The van der Waals surface area contributed by atoms with Gasteiger partial charge in [0.25, 0.3) is 0 Å². The first kappa shape index (κ1) is 8.08. The van der Waals surface area contributed by atoms with E-state index in [2.05, 4.69) is 11.8 Å². The van der Waals surface area contributed by atoms with Crippen molar-refractivity contribution in [2.75, 3.05) is 13.7 Å². The first-order valence-electron chi connectivity index (χ1n) is 3.79. The SMILES string of the molecule is COc1ccccc1CC[NH3+]. The van der Waals surface area contributed by atoms with Crippen LogP contribution in [0.3, 0.4) is 0 Å². The quantitative estimate of drug-likeness (QED) is 0.672. The summed E-state index contributed by atoms with van der Waals surface area (Å²) in [6, 6.07) is 8.05. The molecule has 0 aliphatic rings. The van der Waals surface area contributed by atoms with Crippen LogP contribution in [-0.2, 0) is 6.42 Å². The molecule has 0 spiro atoms. The number of quaternary nitrogens is 1. The Balaban J connectivity index is 2.83. The summed E-state index contributed by atoms with van der Waals surface area (Å²) in [6.07, 6.45) is 0.990. The lowest BCUT2D eigenvalue weighted by atomic mass is 10.1. The van der Waals surface area contributed by atoms with Crippen molar-refractivity contribution in [3.63, 3.8) is 0 Å². The van der Waals surface area contributed by atoms with Crippen LogP contribution in [0.15, 0.2) is 24.3 Å². The Bertz CT molecular complexity index is 223. The fraction of sp³-hybridized carbons (Fsp3) is 0.333. The van der Waals surface area contributed by atoms with Crippen LogP contribution in [0, 0.1) is 0 Å². The lowest BCUT2D eigenvalue weighted by Gasteiger charge is -2.04. The van der Waals surface area contributed by atoms with E-state index >= 15 is 0 Å². The summed E-state index contributed by atoms with van der Waals surface area (Å²) in [5.74, 6) is 0.969. The van der Waals surface area contributed by atoms with Crippen LogP contribution in [0.5, 0.6) is 5.75 Å². The average molecular weight is 152 g/mol. The van der Waals surface area contributed by atoms with Crippen molar-refractivity contribution in [2.45, 2.75) is 6.42 Å². The smallest absolute Gasteiger partial charge is 0.122 e. The van der Waals surface area contributed by atoms with E-state index in [0.717, 1.165) is 18.7 Å². The van der Waals surface area contributed by atoms with E-state index < -0.39 is 0 Å². The molecule has 0 radical (unpaired) electrons. The molecule has 0 aliphatic heterocycles. The van der Waals surface area contributed by atoms with E-state index in [1.54, 1.807) is 7.11 Å². The topological polar surface area (TPSA) is 36.9 Å². The van der Waals surface area contributed by atoms with E-state index in [1.165, 1.54) is 5.56 Å². The van der Waals surface area contributed by atoms with E-state index in [-0.39, 0.29) is 0 Å². The molecule has 2 heteroatoms. The molecule has 0 saturated carbocycles. The van der Waals surface area contributed by atoms with Gasteiger partial charge in [0.1, 0.15) is 5.75 Å². The van der Waals surface area contributed by atoms with E-state index in [0.29, 0.717) is 0 Å². The first-order chi connectivity index (χ1) is 5.38. The van der Waals surface area contributed by atoms with Crippen LogP contribution in [0.1, 0.15) is 5.56 Å². The summed E-state index contributed by atoms with van der Waals surface area (Å²) in [7, 11) is 1.70. The van der Waals surface area contributed by atoms with Gasteiger partial charge >= 0.3 is 0 Å². The maximum Gasteiger partial charge on any atom is 0.122 e. The van der Waals surface area contributed by atoms with Crippen LogP contribution in [-0.4, -0.2) is 13.7 Å². The zero-order valence-electron chi connectivity index (χ0n) is 6.84. The Kier molecular flexibility index (Phi) is 2.93. The molecule has 11 heavy (non-hydrogen) atoms. The number of ether oxygens (including phenoxy) is 1. The van der Waals surface area contributed by atoms with Crippen LogP contribution >= 0.6 is 0 Å². The number of rotatable bonds is 3. The summed E-state index contributed by atoms with van der Waals surface area (Å²) >= 11 is 0. The van der Waals surface area contributed by atoms with Crippen molar-refractivity contribution >= 4 is 0 Å². The summed E-state index contributed by atoms with van der Waals surface area (Å²) < 4.78 is 5.17. The molecule has 0 aromatic heterocycles. The molecule has 0 saturated heterocycles. The van der Waals surface area contributed by atoms with Gasteiger partial charge in [-0.3, -0.25) is 0 Å². The zero-order valence-corrected chi connectivity index (χ0v) is 6.84. The van der Waals surface area contributed by atoms with Crippen molar-refractivity contribution in [3.05, 3.63) is 29.8 Å². The monoisotopic (exact) mass is 152 g/mol. The molecule has 0 heterocycles. The molecule has 1 aromatic carbocycles. The number of hydrogen-bond acceptors (Lipinski definition) is 1. The van der Waals surface area contributed by atoms with Gasteiger partial charge in [0.15, 0.2) is 0 Å². The minimum absolute atomic E-state index is 0.917. The highest BCUT2D eigenvalue weighted by Crippen LogP contribution is 2.16. The Morgan fingerprint density at radius 2 is 2.09 bits per heavy atom. The van der Waals surface area contributed by atoms with Gasteiger partial charge in [-0.05, 0) is 11.6 Å². The van der Waals surface area contributed by atoms with Crippen molar-refractivity contribution in [1.82, 2.24) is 0 Å². The van der Waals surface area contributed by atoms with Gasteiger partial charge in [-0.2, -0.15) is 0 Å². The second-order valence-electron chi connectivity index (χ2n) is 2.42. The minimum atomic E-state index is 0.917. The van der Waals surface area contributed by atoms with E-state index in [1.807, 2.05) is 18.2 Å². The van der Waals surface area contributed by atoms with E-state index in [9.17, 15) is 0 Å². The van der Waals surface area contributed by atoms with Crippen LogP contribution in [0.2, 0.25) is 0 Å². The highest BCUT2D eigenvalue weighted by Gasteiger charge is 1.99. The second kappa shape index (κ2) is 3.98. The van der Waals surface area contributed by atoms with Crippen molar-refractivity contribution in [3.8, 4) is 5.75 Å². The molecular formula is C9H14NO+. The van der Waals surface area contributed by atoms with Gasteiger partial charge < -0.3 is 10.5 Å². The van der Waals surface area contributed by atoms with Crippen LogP contribution in [0.4, 0.5) is 0 Å². The summed E-state index contributed by atoms with van der Waals surface area (Å²) in [5, 5.41) is 0. The lowest BCUT2D eigenvalue weighted by Crippen LogP contribution is -2.51.